The second kappa shape index (κ2) is 9.63. The number of urea groups is 1. The van der Waals surface area contributed by atoms with Gasteiger partial charge in [-0.05, 0) is 22.8 Å². The van der Waals surface area contributed by atoms with Gasteiger partial charge in [0.1, 0.15) is 0 Å². The van der Waals surface area contributed by atoms with Crippen LogP contribution in [-0.2, 0) is 29.1 Å². The molecule has 1 N–H and O–H groups in total. The summed E-state index contributed by atoms with van der Waals surface area (Å²) in [6.07, 6.45) is -0.0341. The smallest absolute Gasteiger partial charge is 0.331 e. The van der Waals surface area contributed by atoms with Crippen molar-refractivity contribution in [1.82, 2.24) is 15.1 Å². The Morgan fingerprint density at radius 3 is 2.23 bits per heavy atom. The molecule has 3 aliphatic rings. The molecule has 2 atom stereocenters. The van der Waals surface area contributed by atoms with Gasteiger partial charge in [0.25, 0.3) is 5.69 Å². The molecule has 2 fully saturated rings. The van der Waals surface area contributed by atoms with E-state index in [0.29, 0.717) is 31.7 Å². The topological polar surface area (TPSA) is 116 Å². The third-order valence-electron chi connectivity index (χ3n) is 8.02. The van der Waals surface area contributed by atoms with Crippen LogP contribution in [0.4, 0.5) is 16.2 Å². The Bertz CT molecular complexity index is 1460. The highest BCUT2D eigenvalue weighted by Crippen LogP contribution is 2.46. The van der Waals surface area contributed by atoms with Crippen molar-refractivity contribution in [2.24, 2.45) is 5.41 Å². The van der Waals surface area contributed by atoms with E-state index in [4.69, 9.17) is 0 Å². The largest absolute Gasteiger partial charge is 0.364 e. The van der Waals surface area contributed by atoms with Crippen LogP contribution in [0.1, 0.15) is 16.7 Å². The molecule has 10 heteroatoms. The Hall–Kier alpha value is -4.57. The summed E-state index contributed by atoms with van der Waals surface area (Å²) in [5.74, 6) is -1.23. The molecule has 3 heterocycles. The predicted molar refractivity (Wildman–Crippen MR) is 143 cm³/mol. The van der Waals surface area contributed by atoms with Crippen molar-refractivity contribution < 1.29 is 19.3 Å². The molecule has 3 aliphatic heterocycles. The van der Waals surface area contributed by atoms with Gasteiger partial charge in [0.05, 0.1) is 17.5 Å². The van der Waals surface area contributed by atoms with Gasteiger partial charge in [-0.25, -0.2) is 4.79 Å². The summed E-state index contributed by atoms with van der Waals surface area (Å²) in [6, 6.07) is 22.4. The van der Waals surface area contributed by atoms with Gasteiger partial charge in [0, 0.05) is 50.4 Å². The zero-order chi connectivity index (χ0) is 27.1. The van der Waals surface area contributed by atoms with E-state index < -0.39 is 34.2 Å². The van der Waals surface area contributed by atoms with Crippen molar-refractivity contribution in [3.8, 4) is 0 Å². The summed E-state index contributed by atoms with van der Waals surface area (Å²) < 4.78 is 0. The summed E-state index contributed by atoms with van der Waals surface area (Å²) in [5.41, 5.74) is 1.47. The van der Waals surface area contributed by atoms with Crippen molar-refractivity contribution in [2.45, 2.75) is 25.6 Å². The lowest BCUT2D eigenvalue weighted by Crippen LogP contribution is -2.75. The normalized spacial score (nSPS) is 22.9. The highest BCUT2D eigenvalue weighted by atomic mass is 16.6. The van der Waals surface area contributed by atoms with Gasteiger partial charge in [-0.1, -0.05) is 60.7 Å². The molecular weight excluding hydrogens is 498 g/mol. The van der Waals surface area contributed by atoms with Crippen LogP contribution in [0.15, 0.2) is 78.9 Å². The number of nitrogens with zero attached hydrogens (tertiary/aromatic N) is 4. The number of benzene rings is 3. The first kappa shape index (κ1) is 24.7. The van der Waals surface area contributed by atoms with Crippen LogP contribution >= 0.6 is 0 Å². The van der Waals surface area contributed by atoms with E-state index in [0.717, 1.165) is 21.7 Å². The highest BCUT2D eigenvalue weighted by molar-refractivity contribution is 6.20. The molecule has 0 saturated carbocycles. The fraction of sp³-hybridized carbons (Fsp3) is 0.276. The van der Waals surface area contributed by atoms with Gasteiger partial charge in [0.15, 0.2) is 5.41 Å². The second-order valence-electron chi connectivity index (χ2n) is 10.3. The molecule has 1 spiro atoms. The molecule has 0 radical (unpaired) electrons. The SMILES string of the molecule is O=C1NC(=O)C2(Cc3cc([N+](=O)[O-])ccc3N3CCN(Cc4ccccc4)CC32)C(=O)N1Cc1ccccc1. The highest BCUT2D eigenvalue weighted by Gasteiger charge is 2.62. The first-order chi connectivity index (χ1) is 18.9. The Morgan fingerprint density at radius 1 is 0.897 bits per heavy atom. The van der Waals surface area contributed by atoms with Crippen LogP contribution in [0.25, 0.3) is 0 Å². The Morgan fingerprint density at radius 2 is 1.56 bits per heavy atom. The third-order valence-corrected chi connectivity index (χ3v) is 8.02. The number of non-ortho nitro benzene ring substituents is 1. The number of piperazine rings is 1. The zero-order valence-electron chi connectivity index (χ0n) is 21.2. The number of fused-ring (bicyclic) bond motifs is 4. The molecular formula is C29H27N5O5. The minimum atomic E-state index is -1.62. The summed E-state index contributed by atoms with van der Waals surface area (Å²) in [6.45, 7) is 2.29. The molecule has 3 aromatic carbocycles. The lowest BCUT2D eigenvalue weighted by Gasteiger charge is -2.55. The Kier molecular flexibility index (Phi) is 6.11. The molecule has 0 bridgehead atoms. The molecule has 2 unspecified atom stereocenters. The van der Waals surface area contributed by atoms with Gasteiger partial charge >= 0.3 is 6.03 Å². The Balaban J connectivity index is 1.42. The molecule has 0 aromatic heterocycles. The fourth-order valence-corrected chi connectivity index (χ4v) is 6.13. The number of anilines is 1. The van der Waals surface area contributed by atoms with Crippen LogP contribution in [0.5, 0.6) is 0 Å². The standard InChI is InChI=1S/C29H27N5O5/c35-26-29(27(36)33(28(37)30-26)18-21-9-5-2-6-10-21)16-22-15-23(34(38)39)11-12-24(22)32-14-13-31(19-25(29)32)17-20-7-3-1-4-8-20/h1-12,15,25H,13-14,16-19H2,(H,30,35,37). The van der Waals surface area contributed by atoms with Crippen molar-refractivity contribution in [2.75, 3.05) is 24.5 Å². The van der Waals surface area contributed by atoms with Crippen LogP contribution in [0.3, 0.4) is 0 Å². The maximum Gasteiger partial charge on any atom is 0.331 e. The summed E-state index contributed by atoms with van der Waals surface area (Å²) in [4.78, 5) is 57.5. The average Bonchev–Trinajstić information content (AvgIpc) is 2.95. The summed E-state index contributed by atoms with van der Waals surface area (Å²) in [7, 11) is 0. The second-order valence-corrected chi connectivity index (χ2v) is 10.3. The number of nitrogens with one attached hydrogen (secondary N) is 1. The van der Waals surface area contributed by atoms with Crippen molar-refractivity contribution >= 4 is 29.2 Å². The predicted octanol–water partition coefficient (Wildman–Crippen LogP) is 3.11. The van der Waals surface area contributed by atoms with Gasteiger partial charge in [-0.3, -0.25) is 34.8 Å². The number of hydrogen-bond donors (Lipinski definition) is 1. The lowest BCUT2D eigenvalue weighted by atomic mass is 9.67. The van der Waals surface area contributed by atoms with Crippen LogP contribution in [-0.4, -0.2) is 58.2 Å². The summed E-state index contributed by atoms with van der Waals surface area (Å²) >= 11 is 0. The van der Waals surface area contributed by atoms with Gasteiger partial charge < -0.3 is 4.90 Å². The van der Waals surface area contributed by atoms with E-state index in [-0.39, 0.29) is 18.7 Å². The number of rotatable bonds is 5. The van der Waals surface area contributed by atoms with Gasteiger partial charge in [-0.2, -0.15) is 0 Å². The molecule has 4 amide bonds. The lowest BCUT2D eigenvalue weighted by molar-refractivity contribution is -0.384. The number of barbiturate groups is 1. The first-order valence-electron chi connectivity index (χ1n) is 12.9. The third kappa shape index (κ3) is 4.22. The van der Waals surface area contributed by atoms with Crippen LogP contribution < -0.4 is 10.2 Å². The first-order valence-corrected chi connectivity index (χ1v) is 12.9. The molecule has 6 rings (SSSR count). The zero-order valence-corrected chi connectivity index (χ0v) is 21.2. The molecule has 0 aliphatic carbocycles. The minimum Gasteiger partial charge on any atom is -0.364 e. The molecule has 198 valence electrons. The molecule has 3 aromatic rings. The fourth-order valence-electron chi connectivity index (χ4n) is 6.13. The minimum absolute atomic E-state index is 0.0166. The van der Waals surface area contributed by atoms with Gasteiger partial charge in [-0.15, -0.1) is 0 Å². The molecule has 10 nitrogen and oxygen atoms in total. The van der Waals surface area contributed by atoms with E-state index in [1.54, 1.807) is 6.07 Å². The van der Waals surface area contributed by atoms with E-state index in [9.17, 15) is 24.5 Å². The maximum absolute atomic E-state index is 14.3. The van der Waals surface area contributed by atoms with Gasteiger partial charge in [0.2, 0.25) is 11.8 Å². The number of hydrogen-bond acceptors (Lipinski definition) is 7. The van der Waals surface area contributed by atoms with E-state index in [1.165, 1.54) is 12.1 Å². The molecule has 39 heavy (non-hydrogen) atoms. The quantitative estimate of drug-likeness (QED) is 0.309. The monoisotopic (exact) mass is 525 g/mol. The number of carbonyl (C=O) groups is 3. The van der Waals surface area contributed by atoms with Crippen LogP contribution in [0.2, 0.25) is 0 Å². The number of nitro groups is 1. The summed E-state index contributed by atoms with van der Waals surface area (Å²) in [5, 5.41) is 14.0. The van der Waals surface area contributed by atoms with E-state index >= 15 is 0 Å². The maximum atomic E-state index is 14.3. The van der Waals surface area contributed by atoms with Crippen molar-refractivity contribution in [3.63, 3.8) is 0 Å². The number of imide groups is 2. The van der Waals surface area contributed by atoms with Crippen molar-refractivity contribution in [3.05, 3.63) is 106 Å². The van der Waals surface area contributed by atoms with E-state index in [2.05, 4.69) is 10.2 Å². The van der Waals surface area contributed by atoms with Crippen molar-refractivity contribution in [1.29, 1.82) is 0 Å². The molecule has 2 saturated heterocycles. The number of carbonyl (C=O) groups excluding carboxylic acids is 3. The van der Waals surface area contributed by atoms with E-state index in [1.807, 2.05) is 65.6 Å². The number of amides is 4. The average molecular weight is 526 g/mol. The Labute approximate surface area is 225 Å². The van der Waals surface area contributed by atoms with Crippen LogP contribution in [0, 0.1) is 15.5 Å². The number of nitro benzene ring substituents is 1.